The van der Waals surface area contributed by atoms with Crippen LogP contribution in [0.15, 0.2) is 12.7 Å². The zero-order valence-corrected chi connectivity index (χ0v) is 8.02. The fourth-order valence-electron chi connectivity index (χ4n) is 0.808. The van der Waals surface area contributed by atoms with E-state index < -0.39 is 24.0 Å². The normalized spacial score (nSPS) is 14.1. The number of hydrogen-bond acceptors (Lipinski definition) is 4. The van der Waals surface area contributed by atoms with Crippen molar-refractivity contribution in [2.24, 2.45) is 5.41 Å². The van der Waals surface area contributed by atoms with Crippen LogP contribution in [-0.4, -0.2) is 35.4 Å². The summed E-state index contributed by atoms with van der Waals surface area (Å²) in [5.74, 6) is -1.88. The van der Waals surface area contributed by atoms with Crippen LogP contribution >= 0.6 is 0 Å². The van der Waals surface area contributed by atoms with E-state index in [4.69, 9.17) is 10.2 Å². The summed E-state index contributed by atoms with van der Waals surface area (Å²) >= 11 is 0. The third-order valence-electron chi connectivity index (χ3n) is 2.09. The van der Waals surface area contributed by atoms with Crippen LogP contribution in [0.4, 0.5) is 0 Å². The van der Waals surface area contributed by atoms with Gasteiger partial charge in [0.2, 0.25) is 0 Å². The van der Waals surface area contributed by atoms with Crippen molar-refractivity contribution >= 4 is 11.9 Å². The molecule has 0 aromatic heterocycles. The van der Waals surface area contributed by atoms with Crippen molar-refractivity contribution < 1.29 is 24.5 Å². The van der Waals surface area contributed by atoms with Gasteiger partial charge in [-0.05, 0) is 6.42 Å². The van der Waals surface area contributed by atoms with Crippen LogP contribution < -0.4 is 0 Å². The summed E-state index contributed by atoms with van der Waals surface area (Å²) in [6, 6.07) is 0. The van der Waals surface area contributed by atoms with Gasteiger partial charge in [-0.2, -0.15) is 0 Å². The van der Waals surface area contributed by atoms with E-state index in [9.17, 15) is 9.59 Å². The summed E-state index contributed by atoms with van der Waals surface area (Å²) in [6.07, 6.45) is 1.13. The van der Waals surface area contributed by atoms with Crippen LogP contribution in [0.3, 0.4) is 0 Å². The van der Waals surface area contributed by atoms with Crippen LogP contribution in [0.25, 0.3) is 0 Å². The van der Waals surface area contributed by atoms with Crippen LogP contribution in [-0.2, 0) is 14.3 Å². The Bertz CT molecular complexity index is 229. The van der Waals surface area contributed by atoms with Crippen molar-refractivity contribution in [2.45, 2.75) is 13.3 Å². The Kier molecular flexibility index (Phi) is 4.86. The molecule has 0 bridgehead atoms. The van der Waals surface area contributed by atoms with Gasteiger partial charge in [-0.3, -0.25) is 4.79 Å². The number of aliphatic hydroxyl groups is 1. The van der Waals surface area contributed by atoms with Crippen molar-refractivity contribution in [2.75, 3.05) is 13.2 Å². The predicted molar refractivity (Wildman–Crippen MR) is 48.6 cm³/mol. The molecule has 0 rings (SSSR count). The molecule has 0 aromatic rings. The second kappa shape index (κ2) is 5.39. The Labute approximate surface area is 82.0 Å². The van der Waals surface area contributed by atoms with Gasteiger partial charge in [0.1, 0.15) is 12.0 Å². The molecule has 2 N–H and O–H groups in total. The molecule has 1 unspecified atom stereocenters. The number of aliphatic hydroxyl groups excluding tert-OH is 1. The minimum Gasteiger partial charge on any atom is -0.481 e. The molecule has 5 heteroatoms. The van der Waals surface area contributed by atoms with E-state index in [1.165, 1.54) is 0 Å². The quantitative estimate of drug-likeness (QED) is 0.474. The highest BCUT2D eigenvalue weighted by Crippen LogP contribution is 2.22. The lowest BCUT2D eigenvalue weighted by atomic mass is 9.87. The average Bonchev–Trinajstić information content (AvgIpc) is 2.19. The molecule has 0 aliphatic rings. The Hall–Kier alpha value is -1.36. The van der Waals surface area contributed by atoms with E-state index in [0.29, 0.717) is 0 Å². The molecule has 0 aliphatic heterocycles. The molecule has 0 saturated carbocycles. The Morgan fingerprint density at radius 2 is 2.14 bits per heavy atom. The van der Waals surface area contributed by atoms with Crippen molar-refractivity contribution in [3.05, 3.63) is 12.7 Å². The third kappa shape index (κ3) is 2.85. The number of ether oxygens (including phenoxy) is 1. The lowest BCUT2D eigenvalue weighted by Crippen LogP contribution is -2.39. The van der Waals surface area contributed by atoms with Gasteiger partial charge in [-0.25, -0.2) is 4.79 Å². The molecule has 0 fully saturated rings. The minimum absolute atomic E-state index is 0.184. The highest BCUT2D eigenvalue weighted by atomic mass is 16.5. The average molecular weight is 202 g/mol. The number of carbonyl (C=O) groups excluding carboxylic acids is 1. The van der Waals surface area contributed by atoms with E-state index in [1.54, 1.807) is 6.92 Å². The first-order chi connectivity index (χ1) is 6.52. The predicted octanol–water partition coefficient (Wildman–Crippen LogP) is 0.189. The molecule has 0 aliphatic carbocycles. The topological polar surface area (TPSA) is 83.8 Å². The van der Waals surface area contributed by atoms with Crippen LogP contribution in [0, 0.1) is 5.41 Å². The minimum atomic E-state index is -1.40. The number of hydrogen-bond donors (Lipinski definition) is 2. The first kappa shape index (κ1) is 12.6. The number of carbonyl (C=O) groups is 2. The number of carboxylic acid groups (broad SMARTS) is 1. The zero-order chi connectivity index (χ0) is 11.2. The van der Waals surface area contributed by atoms with Gasteiger partial charge in [0.05, 0.1) is 6.61 Å². The molecule has 80 valence electrons. The molecule has 0 saturated heterocycles. The van der Waals surface area contributed by atoms with Gasteiger partial charge >= 0.3 is 11.9 Å². The van der Waals surface area contributed by atoms with Gasteiger partial charge in [0.15, 0.2) is 0 Å². The number of rotatable bonds is 6. The standard InChI is InChI=1S/C9H14O5/c1-3-7(11)14-6-9(4-2,5-10)8(12)13/h3,10H,1,4-6H2,2H3,(H,12,13). The van der Waals surface area contributed by atoms with E-state index >= 15 is 0 Å². The van der Waals surface area contributed by atoms with Crippen molar-refractivity contribution in [3.63, 3.8) is 0 Å². The smallest absolute Gasteiger partial charge is 0.330 e. The highest BCUT2D eigenvalue weighted by Gasteiger charge is 2.37. The monoisotopic (exact) mass is 202 g/mol. The first-order valence-corrected chi connectivity index (χ1v) is 4.16. The van der Waals surface area contributed by atoms with E-state index in [-0.39, 0.29) is 13.0 Å². The van der Waals surface area contributed by atoms with Gasteiger partial charge in [0, 0.05) is 6.08 Å². The second-order valence-electron chi connectivity index (χ2n) is 2.91. The summed E-state index contributed by atoms with van der Waals surface area (Å²) < 4.78 is 4.60. The number of carboxylic acids is 1. The maximum atomic E-state index is 10.8. The highest BCUT2D eigenvalue weighted by molar-refractivity contribution is 5.82. The number of esters is 1. The first-order valence-electron chi connectivity index (χ1n) is 4.16. The Balaban J connectivity index is 4.44. The third-order valence-corrected chi connectivity index (χ3v) is 2.09. The second-order valence-corrected chi connectivity index (χ2v) is 2.91. The van der Waals surface area contributed by atoms with Gasteiger partial charge in [-0.1, -0.05) is 13.5 Å². The molecule has 0 aromatic carbocycles. The summed E-state index contributed by atoms with van der Waals surface area (Å²) in [5, 5.41) is 17.8. The van der Waals surface area contributed by atoms with E-state index in [2.05, 4.69) is 11.3 Å². The molecule has 0 spiro atoms. The molecule has 1 atom stereocenters. The summed E-state index contributed by atoms with van der Waals surface area (Å²) in [5.41, 5.74) is -1.40. The molecule has 0 amide bonds. The molecular formula is C9H14O5. The maximum absolute atomic E-state index is 10.8. The van der Waals surface area contributed by atoms with Gasteiger partial charge < -0.3 is 14.9 Å². The maximum Gasteiger partial charge on any atom is 0.330 e. The van der Waals surface area contributed by atoms with Crippen molar-refractivity contribution in [1.29, 1.82) is 0 Å². The van der Waals surface area contributed by atoms with E-state index in [0.717, 1.165) is 6.08 Å². The van der Waals surface area contributed by atoms with Crippen LogP contribution in [0.1, 0.15) is 13.3 Å². The summed E-state index contributed by atoms with van der Waals surface area (Å²) in [4.78, 5) is 21.5. The van der Waals surface area contributed by atoms with Crippen molar-refractivity contribution in [3.8, 4) is 0 Å². The fraction of sp³-hybridized carbons (Fsp3) is 0.556. The van der Waals surface area contributed by atoms with Crippen LogP contribution in [0.5, 0.6) is 0 Å². The largest absolute Gasteiger partial charge is 0.481 e. The fourth-order valence-corrected chi connectivity index (χ4v) is 0.808. The molecule has 0 heterocycles. The zero-order valence-electron chi connectivity index (χ0n) is 8.02. The molecule has 14 heavy (non-hydrogen) atoms. The molecule has 0 radical (unpaired) electrons. The Morgan fingerprint density at radius 1 is 1.57 bits per heavy atom. The number of aliphatic carboxylic acids is 1. The van der Waals surface area contributed by atoms with Gasteiger partial charge in [-0.15, -0.1) is 0 Å². The molecule has 5 nitrogen and oxygen atoms in total. The molecular weight excluding hydrogens is 188 g/mol. The van der Waals surface area contributed by atoms with Crippen molar-refractivity contribution in [1.82, 2.24) is 0 Å². The SMILES string of the molecule is C=CC(=O)OCC(CC)(CO)C(=O)O. The lowest BCUT2D eigenvalue weighted by molar-refractivity contribution is -0.160. The van der Waals surface area contributed by atoms with Gasteiger partial charge in [0.25, 0.3) is 0 Å². The van der Waals surface area contributed by atoms with Crippen LogP contribution in [0.2, 0.25) is 0 Å². The van der Waals surface area contributed by atoms with E-state index in [1.807, 2.05) is 0 Å². The summed E-state index contributed by atoms with van der Waals surface area (Å²) in [7, 11) is 0. The summed E-state index contributed by atoms with van der Waals surface area (Å²) in [6.45, 7) is 3.86. The Morgan fingerprint density at radius 3 is 2.43 bits per heavy atom. The lowest BCUT2D eigenvalue weighted by Gasteiger charge is -2.24.